The Morgan fingerprint density at radius 2 is 1.68 bits per heavy atom. The summed E-state index contributed by atoms with van der Waals surface area (Å²) in [5, 5.41) is 4.01. The molecule has 0 aliphatic rings. The second kappa shape index (κ2) is 7.66. The van der Waals surface area contributed by atoms with Gasteiger partial charge in [-0.3, -0.25) is 14.2 Å². The number of hydrogen-bond donors (Lipinski definition) is 1. The van der Waals surface area contributed by atoms with Crippen molar-refractivity contribution in [2.45, 2.75) is 6.54 Å². The third-order valence-electron chi connectivity index (χ3n) is 4.47. The summed E-state index contributed by atoms with van der Waals surface area (Å²) in [5.41, 5.74) is 2.49. The van der Waals surface area contributed by atoms with E-state index in [9.17, 15) is 9.59 Å². The highest BCUT2D eigenvalue weighted by Gasteiger charge is 2.09. The van der Waals surface area contributed by atoms with Crippen LogP contribution in [0.1, 0.15) is 15.9 Å². The highest BCUT2D eigenvalue weighted by atomic mass is 35.5. The molecule has 0 saturated carbocycles. The second-order valence-corrected chi connectivity index (χ2v) is 6.67. The predicted octanol–water partition coefficient (Wildman–Crippen LogP) is 3.97. The molecule has 138 valence electrons. The molecule has 1 aromatic heterocycles. The Morgan fingerprint density at radius 1 is 0.964 bits per heavy atom. The molecule has 0 aliphatic heterocycles. The van der Waals surface area contributed by atoms with Crippen molar-refractivity contribution < 1.29 is 4.79 Å². The average molecular weight is 390 g/mol. The van der Waals surface area contributed by atoms with Crippen LogP contribution in [0.4, 0.5) is 0 Å². The van der Waals surface area contributed by atoms with E-state index < -0.39 is 0 Å². The summed E-state index contributed by atoms with van der Waals surface area (Å²) in [5.74, 6) is -0.213. The van der Waals surface area contributed by atoms with Crippen LogP contribution in [-0.4, -0.2) is 15.5 Å². The molecular weight excluding hydrogens is 374 g/mol. The molecule has 0 fully saturated rings. The standard InChI is InChI=1S/C22H16ClN3O2/c23-19-7-3-1-5-16(19)13-24-21(27)15-9-11-17(12-10-15)26-14-25-20-8-4-2-6-18(20)22(26)28/h1-12,14H,13H2,(H,24,27). The monoisotopic (exact) mass is 389 g/mol. The van der Waals surface area contributed by atoms with Crippen molar-refractivity contribution in [3.8, 4) is 5.69 Å². The molecule has 0 atom stereocenters. The summed E-state index contributed by atoms with van der Waals surface area (Å²) in [6.07, 6.45) is 1.50. The highest BCUT2D eigenvalue weighted by Crippen LogP contribution is 2.15. The number of hydrogen-bond acceptors (Lipinski definition) is 3. The molecule has 0 aliphatic carbocycles. The van der Waals surface area contributed by atoms with Crippen LogP contribution in [0.15, 0.2) is 83.9 Å². The number of halogens is 1. The van der Waals surface area contributed by atoms with Gasteiger partial charge in [-0.25, -0.2) is 4.98 Å². The molecule has 0 bridgehead atoms. The fraction of sp³-hybridized carbons (Fsp3) is 0.0455. The zero-order chi connectivity index (χ0) is 19.5. The third-order valence-corrected chi connectivity index (χ3v) is 4.84. The van der Waals surface area contributed by atoms with Crippen LogP contribution < -0.4 is 10.9 Å². The lowest BCUT2D eigenvalue weighted by Gasteiger charge is -2.09. The molecule has 0 unspecified atom stereocenters. The van der Waals surface area contributed by atoms with Gasteiger partial charge >= 0.3 is 0 Å². The number of fused-ring (bicyclic) bond motifs is 1. The van der Waals surface area contributed by atoms with Crippen LogP contribution >= 0.6 is 11.6 Å². The van der Waals surface area contributed by atoms with E-state index in [0.717, 1.165) is 5.56 Å². The SMILES string of the molecule is O=C(NCc1ccccc1Cl)c1ccc(-n2cnc3ccccc3c2=O)cc1. The van der Waals surface area contributed by atoms with Crippen LogP contribution in [0, 0.1) is 0 Å². The van der Waals surface area contributed by atoms with E-state index in [4.69, 9.17) is 11.6 Å². The first kappa shape index (κ1) is 17.9. The number of carbonyl (C=O) groups excluding carboxylic acids is 1. The van der Waals surface area contributed by atoms with Gasteiger partial charge in [0.25, 0.3) is 11.5 Å². The normalized spacial score (nSPS) is 10.8. The van der Waals surface area contributed by atoms with Crippen LogP contribution in [0.25, 0.3) is 16.6 Å². The molecule has 5 nitrogen and oxygen atoms in total. The molecule has 4 rings (SSSR count). The smallest absolute Gasteiger partial charge is 0.265 e. The topological polar surface area (TPSA) is 64.0 Å². The molecule has 1 heterocycles. The van der Waals surface area contributed by atoms with Crippen LogP contribution in [0.3, 0.4) is 0 Å². The first-order valence-corrected chi connectivity index (χ1v) is 9.10. The van der Waals surface area contributed by atoms with E-state index in [1.807, 2.05) is 30.3 Å². The molecule has 28 heavy (non-hydrogen) atoms. The van der Waals surface area contributed by atoms with Crippen molar-refractivity contribution in [1.29, 1.82) is 0 Å². The molecule has 3 aromatic carbocycles. The van der Waals surface area contributed by atoms with Crippen LogP contribution in [0.5, 0.6) is 0 Å². The van der Waals surface area contributed by atoms with Crippen molar-refractivity contribution in [2.75, 3.05) is 0 Å². The maximum atomic E-state index is 12.7. The van der Waals surface area contributed by atoms with Gasteiger partial charge in [-0.1, -0.05) is 41.9 Å². The fourth-order valence-corrected chi connectivity index (χ4v) is 3.15. The van der Waals surface area contributed by atoms with Gasteiger partial charge in [0.2, 0.25) is 0 Å². The fourth-order valence-electron chi connectivity index (χ4n) is 2.95. The zero-order valence-electron chi connectivity index (χ0n) is 14.8. The first-order chi connectivity index (χ1) is 13.6. The van der Waals surface area contributed by atoms with Gasteiger partial charge in [0, 0.05) is 17.1 Å². The number of amides is 1. The predicted molar refractivity (Wildman–Crippen MR) is 110 cm³/mol. The lowest BCUT2D eigenvalue weighted by molar-refractivity contribution is 0.0951. The quantitative estimate of drug-likeness (QED) is 0.574. The number of para-hydroxylation sites is 1. The van der Waals surface area contributed by atoms with Gasteiger partial charge in [-0.2, -0.15) is 0 Å². The van der Waals surface area contributed by atoms with Gasteiger partial charge in [-0.15, -0.1) is 0 Å². The number of nitrogens with zero attached hydrogens (tertiary/aromatic N) is 2. The van der Waals surface area contributed by atoms with Crippen molar-refractivity contribution >= 4 is 28.4 Å². The minimum Gasteiger partial charge on any atom is -0.348 e. The van der Waals surface area contributed by atoms with Crippen LogP contribution in [-0.2, 0) is 6.54 Å². The highest BCUT2D eigenvalue weighted by molar-refractivity contribution is 6.31. The van der Waals surface area contributed by atoms with E-state index in [1.165, 1.54) is 10.9 Å². The van der Waals surface area contributed by atoms with Crippen molar-refractivity contribution in [3.05, 3.63) is 106 Å². The molecule has 0 radical (unpaired) electrons. The lowest BCUT2D eigenvalue weighted by atomic mass is 10.1. The number of rotatable bonds is 4. The Labute approximate surface area is 166 Å². The maximum absolute atomic E-state index is 12.7. The Kier molecular flexibility index (Phi) is 4.91. The van der Waals surface area contributed by atoms with E-state index in [-0.39, 0.29) is 11.5 Å². The Balaban J connectivity index is 1.54. The van der Waals surface area contributed by atoms with Gasteiger partial charge in [0.05, 0.1) is 16.6 Å². The van der Waals surface area contributed by atoms with Crippen LogP contribution in [0.2, 0.25) is 5.02 Å². The number of nitrogens with one attached hydrogen (secondary N) is 1. The van der Waals surface area contributed by atoms with E-state index in [0.29, 0.717) is 33.7 Å². The summed E-state index contributed by atoms with van der Waals surface area (Å²) in [7, 11) is 0. The van der Waals surface area contributed by atoms with Crippen molar-refractivity contribution in [2.24, 2.45) is 0 Å². The Morgan fingerprint density at radius 3 is 2.46 bits per heavy atom. The van der Waals surface area contributed by atoms with E-state index in [1.54, 1.807) is 42.5 Å². The minimum absolute atomic E-state index is 0.151. The van der Waals surface area contributed by atoms with Gasteiger partial charge in [0.1, 0.15) is 6.33 Å². The molecule has 1 amide bonds. The molecular formula is C22H16ClN3O2. The third kappa shape index (κ3) is 3.52. The summed E-state index contributed by atoms with van der Waals surface area (Å²) >= 11 is 6.11. The molecule has 1 N–H and O–H groups in total. The van der Waals surface area contributed by atoms with E-state index >= 15 is 0 Å². The summed E-state index contributed by atoms with van der Waals surface area (Å²) in [6.45, 7) is 0.342. The largest absolute Gasteiger partial charge is 0.348 e. The van der Waals surface area contributed by atoms with Crippen molar-refractivity contribution in [3.63, 3.8) is 0 Å². The lowest BCUT2D eigenvalue weighted by Crippen LogP contribution is -2.23. The number of aromatic nitrogens is 2. The summed E-state index contributed by atoms with van der Waals surface area (Å²) < 4.78 is 1.47. The number of benzene rings is 3. The van der Waals surface area contributed by atoms with Gasteiger partial charge in [-0.05, 0) is 48.0 Å². The maximum Gasteiger partial charge on any atom is 0.265 e. The van der Waals surface area contributed by atoms with Gasteiger partial charge < -0.3 is 5.32 Å². The zero-order valence-corrected chi connectivity index (χ0v) is 15.6. The second-order valence-electron chi connectivity index (χ2n) is 6.26. The Hall–Kier alpha value is -3.44. The first-order valence-electron chi connectivity index (χ1n) is 8.72. The minimum atomic E-state index is -0.213. The summed E-state index contributed by atoms with van der Waals surface area (Å²) in [4.78, 5) is 29.4. The molecule has 0 saturated heterocycles. The molecule has 6 heteroatoms. The molecule has 4 aromatic rings. The molecule has 0 spiro atoms. The number of carbonyl (C=O) groups is 1. The Bertz CT molecular complexity index is 1220. The van der Waals surface area contributed by atoms with Crippen molar-refractivity contribution in [1.82, 2.24) is 14.9 Å². The van der Waals surface area contributed by atoms with E-state index in [2.05, 4.69) is 10.3 Å². The summed E-state index contributed by atoms with van der Waals surface area (Å²) in [6, 6.07) is 21.4. The van der Waals surface area contributed by atoms with Gasteiger partial charge in [0.15, 0.2) is 0 Å². The average Bonchev–Trinajstić information content (AvgIpc) is 2.74.